The molecule has 0 radical (unpaired) electrons. The lowest BCUT2D eigenvalue weighted by atomic mass is 10.0. The number of hydrogen-bond acceptors (Lipinski definition) is 4. The summed E-state index contributed by atoms with van der Waals surface area (Å²) in [7, 11) is 1.80. The minimum atomic E-state index is -0.468. The fourth-order valence-corrected chi connectivity index (χ4v) is 1.86. The van der Waals surface area contributed by atoms with Crippen LogP contribution in [0.1, 0.15) is 24.9 Å². The predicted octanol–water partition coefficient (Wildman–Crippen LogP) is 1.36. The lowest BCUT2D eigenvalue weighted by molar-refractivity contribution is -0.117. The molecule has 5 heteroatoms. The molecule has 90 valence electrons. The van der Waals surface area contributed by atoms with Gasteiger partial charge in [0.2, 0.25) is 0 Å². The average Bonchev–Trinajstić information content (AvgIpc) is 2.64. The topological polar surface area (TPSA) is 75.1 Å². The van der Waals surface area contributed by atoms with Gasteiger partial charge in [-0.3, -0.25) is 9.78 Å². The molecule has 0 saturated carbocycles. The summed E-state index contributed by atoms with van der Waals surface area (Å²) in [6.07, 6.45) is 0.421. The number of rotatable bonds is 4. The van der Waals surface area contributed by atoms with Gasteiger partial charge in [-0.2, -0.15) is 0 Å². The van der Waals surface area contributed by atoms with Crippen LogP contribution in [0.25, 0.3) is 11.1 Å². The molecule has 1 aromatic carbocycles. The Balaban J connectivity index is 2.39. The van der Waals surface area contributed by atoms with Crippen LogP contribution in [0.3, 0.4) is 0 Å². The summed E-state index contributed by atoms with van der Waals surface area (Å²) in [5.74, 6) is -0.352. The highest BCUT2D eigenvalue weighted by molar-refractivity contribution is 5.77. The van der Waals surface area contributed by atoms with Crippen molar-refractivity contribution in [2.24, 2.45) is 0 Å². The number of H-pyrrole nitrogens is 1. The third kappa shape index (κ3) is 2.45. The number of hydrogen-bond donors (Lipinski definition) is 2. The van der Waals surface area contributed by atoms with Gasteiger partial charge in [-0.15, -0.1) is 0 Å². The Morgan fingerprint density at radius 3 is 2.94 bits per heavy atom. The second kappa shape index (κ2) is 4.55. The summed E-state index contributed by atoms with van der Waals surface area (Å²) in [4.78, 5) is 24.8. The summed E-state index contributed by atoms with van der Waals surface area (Å²) < 4.78 is 4.92. The van der Waals surface area contributed by atoms with E-state index in [0.29, 0.717) is 17.5 Å². The summed E-state index contributed by atoms with van der Waals surface area (Å²) in [6.45, 7) is 1.56. The van der Waals surface area contributed by atoms with Gasteiger partial charge in [0.15, 0.2) is 5.58 Å². The lowest BCUT2D eigenvalue weighted by Gasteiger charge is -2.14. The molecule has 0 saturated heterocycles. The number of aromatic nitrogens is 1. The Hall–Kier alpha value is -1.88. The van der Waals surface area contributed by atoms with Gasteiger partial charge in [0, 0.05) is 12.5 Å². The van der Waals surface area contributed by atoms with Crippen LogP contribution in [0.4, 0.5) is 0 Å². The van der Waals surface area contributed by atoms with Crippen LogP contribution >= 0.6 is 0 Å². The van der Waals surface area contributed by atoms with Gasteiger partial charge in [0.1, 0.15) is 5.78 Å². The van der Waals surface area contributed by atoms with E-state index < -0.39 is 5.76 Å². The van der Waals surface area contributed by atoms with Crippen LogP contribution in [-0.2, 0) is 4.79 Å². The molecule has 1 atom stereocenters. The van der Waals surface area contributed by atoms with Gasteiger partial charge in [0.25, 0.3) is 0 Å². The highest BCUT2D eigenvalue weighted by Gasteiger charge is 2.13. The van der Waals surface area contributed by atoms with Crippen LogP contribution < -0.4 is 11.1 Å². The van der Waals surface area contributed by atoms with Crippen molar-refractivity contribution in [2.75, 3.05) is 7.05 Å². The zero-order valence-corrected chi connectivity index (χ0v) is 9.74. The number of Topliss-reactive ketones (excluding diaryl/α,β-unsaturated/α-hetero) is 1. The number of nitrogens with one attached hydrogen (secondary N) is 2. The van der Waals surface area contributed by atoms with E-state index >= 15 is 0 Å². The number of carbonyl (C=O) groups excluding carboxylic acids is 1. The molecular formula is C12H14N2O3. The maximum atomic E-state index is 11.1. The van der Waals surface area contributed by atoms with Gasteiger partial charge in [-0.1, -0.05) is 6.07 Å². The summed E-state index contributed by atoms with van der Waals surface area (Å²) in [6, 6.07) is 5.36. The van der Waals surface area contributed by atoms with Crippen LogP contribution in [0.15, 0.2) is 27.4 Å². The van der Waals surface area contributed by atoms with Gasteiger partial charge in [0.05, 0.1) is 5.52 Å². The first-order valence-electron chi connectivity index (χ1n) is 5.39. The summed E-state index contributed by atoms with van der Waals surface area (Å²) >= 11 is 0. The van der Waals surface area contributed by atoms with Crippen LogP contribution in [0, 0.1) is 0 Å². The van der Waals surface area contributed by atoms with E-state index in [9.17, 15) is 9.59 Å². The van der Waals surface area contributed by atoms with Gasteiger partial charge < -0.3 is 9.73 Å². The Morgan fingerprint density at radius 1 is 1.53 bits per heavy atom. The molecule has 1 unspecified atom stereocenters. The second-order valence-corrected chi connectivity index (χ2v) is 4.02. The fourth-order valence-electron chi connectivity index (χ4n) is 1.86. The summed E-state index contributed by atoms with van der Waals surface area (Å²) in [5.41, 5.74) is 2.12. The highest BCUT2D eigenvalue weighted by atomic mass is 16.4. The van der Waals surface area contributed by atoms with Gasteiger partial charge in [-0.25, -0.2) is 4.79 Å². The number of fused-ring (bicyclic) bond motifs is 1. The molecule has 17 heavy (non-hydrogen) atoms. The lowest BCUT2D eigenvalue weighted by Crippen LogP contribution is -2.18. The molecule has 0 amide bonds. The Kier molecular flexibility index (Phi) is 3.10. The minimum absolute atomic E-state index is 0.0460. The molecule has 2 N–H and O–H groups in total. The Labute approximate surface area is 97.8 Å². The first-order valence-corrected chi connectivity index (χ1v) is 5.39. The molecule has 0 bridgehead atoms. The Morgan fingerprint density at radius 2 is 2.29 bits per heavy atom. The quantitative estimate of drug-likeness (QED) is 0.837. The molecular weight excluding hydrogens is 220 g/mol. The minimum Gasteiger partial charge on any atom is -0.408 e. The van der Waals surface area contributed by atoms with Gasteiger partial charge in [-0.05, 0) is 31.7 Å². The van der Waals surface area contributed by atoms with Crippen LogP contribution in [-0.4, -0.2) is 17.8 Å². The third-order valence-corrected chi connectivity index (χ3v) is 2.69. The molecule has 5 nitrogen and oxygen atoms in total. The standard InChI is InChI=1S/C12H14N2O3/c1-7(15)5-9(13-2)8-3-4-11-10(6-8)14-12(16)17-11/h3-4,6,9,13H,5H2,1-2H3,(H,14,16). The molecule has 0 aliphatic heterocycles. The summed E-state index contributed by atoms with van der Waals surface area (Å²) in [5, 5.41) is 3.08. The number of carbonyl (C=O) groups is 1. The van der Waals surface area contributed by atoms with Crippen LogP contribution in [0.2, 0.25) is 0 Å². The van der Waals surface area contributed by atoms with Crippen molar-refractivity contribution in [1.82, 2.24) is 10.3 Å². The normalized spacial score (nSPS) is 12.8. The Bertz CT molecular complexity index is 597. The molecule has 2 rings (SSSR count). The van der Waals surface area contributed by atoms with E-state index in [1.165, 1.54) is 0 Å². The molecule has 0 spiro atoms. The first-order chi connectivity index (χ1) is 8.10. The number of benzene rings is 1. The first kappa shape index (κ1) is 11.6. The number of oxazole rings is 1. The molecule has 0 fully saturated rings. The highest BCUT2D eigenvalue weighted by Crippen LogP contribution is 2.20. The SMILES string of the molecule is CNC(CC(C)=O)c1ccc2oc(=O)[nH]c2c1. The van der Waals surface area contributed by atoms with Crippen molar-refractivity contribution in [3.63, 3.8) is 0 Å². The van der Waals surface area contributed by atoms with Crippen molar-refractivity contribution in [3.8, 4) is 0 Å². The molecule has 0 aliphatic rings. The maximum Gasteiger partial charge on any atom is 0.417 e. The van der Waals surface area contributed by atoms with Crippen molar-refractivity contribution >= 4 is 16.9 Å². The van der Waals surface area contributed by atoms with Crippen molar-refractivity contribution in [1.29, 1.82) is 0 Å². The molecule has 1 aromatic heterocycles. The van der Waals surface area contributed by atoms with Crippen molar-refractivity contribution in [2.45, 2.75) is 19.4 Å². The van der Waals surface area contributed by atoms with Crippen molar-refractivity contribution in [3.05, 3.63) is 34.3 Å². The van der Waals surface area contributed by atoms with E-state index in [0.717, 1.165) is 5.56 Å². The average molecular weight is 234 g/mol. The maximum absolute atomic E-state index is 11.1. The number of aromatic amines is 1. The zero-order chi connectivity index (χ0) is 12.4. The molecule has 0 aliphatic carbocycles. The third-order valence-electron chi connectivity index (χ3n) is 2.69. The fraction of sp³-hybridized carbons (Fsp3) is 0.333. The smallest absolute Gasteiger partial charge is 0.408 e. The van der Waals surface area contributed by atoms with Crippen LogP contribution in [0.5, 0.6) is 0 Å². The van der Waals surface area contributed by atoms with Crippen molar-refractivity contribution < 1.29 is 9.21 Å². The van der Waals surface area contributed by atoms with Gasteiger partial charge >= 0.3 is 5.76 Å². The van der Waals surface area contributed by atoms with E-state index in [1.807, 2.05) is 12.1 Å². The predicted molar refractivity (Wildman–Crippen MR) is 63.9 cm³/mol. The van der Waals surface area contributed by atoms with E-state index in [1.54, 1.807) is 20.0 Å². The molecule has 1 heterocycles. The second-order valence-electron chi connectivity index (χ2n) is 4.02. The van der Waals surface area contributed by atoms with E-state index in [4.69, 9.17) is 4.42 Å². The largest absolute Gasteiger partial charge is 0.417 e. The number of ketones is 1. The van der Waals surface area contributed by atoms with E-state index in [-0.39, 0.29) is 11.8 Å². The monoisotopic (exact) mass is 234 g/mol. The zero-order valence-electron chi connectivity index (χ0n) is 9.74. The van der Waals surface area contributed by atoms with E-state index in [2.05, 4.69) is 10.3 Å². The molecule has 2 aromatic rings.